The van der Waals surface area contributed by atoms with Crippen LogP contribution < -0.4 is 4.90 Å². The highest BCUT2D eigenvalue weighted by molar-refractivity contribution is 5.38. The first-order chi connectivity index (χ1) is 14.3. The SMILES string of the molecule is Fc1cccc(N2CCN(CCCc3cn(CCC4CCCCC4)nn3)CC2)n1. The van der Waals surface area contributed by atoms with Crippen LogP contribution in [0.15, 0.2) is 24.4 Å². The fraction of sp³-hybridized carbons (Fsp3) is 0.682. The Balaban J connectivity index is 1.13. The Morgan fingerprint density at radius 1 is 1.00 bits per heavy atom. The summed E-state index contributed by atoms with van der Waals surface area (Å²) in [5.74, 6) is 1.23. The molecule has 1 aliphatic carbocycles. The highest BCUT2D eigenvalue weighted by Crippen LogP contribution is 2.26. The first kappa shape index (κ1) is 20.3. The number of halogens is 1. The van der Waals surface area contributed by atoms with Gasteiger partial charge in [0, 0.05) is 38.9 Å². The van der Waals surface area contributed by atoms with Crippen LogP contribution in [0.4, 0.5) is 10.2 Å². The lowest BCUT2D eigenvalue weighted by Gasteiger charge is -2.35. The summed E-state index contributed by atoms with van der Waals surface area (Å²) in [5, 5.41) is 8.69. The molecule has 2 aromatic rings. The molecule has 0 spiro atoms. The van der Waals surface area contributed by atoms with E-state index in [1.165, 1.54) is 44.6 Å². The van der Waals surface area contributed by atoms with E-state index in [1.54, 1.807) is 6.07 Å². The topological polar surface area (TPSA) is 50.1 Å². The Labute approximate surface area is 173 Å². The molecule has 3 heterocycles. The standard InChI is InChI=1S/C22H33FN6/c23-21-9-4-10-22(24-21)28-16-14-27(15-17-28)12-5-8-20-18-29(26-25-20)13-11-19-6-2-1-3-7-19/h4,9-10,18-19H,1-3,5-8,11-17H2. The highest BCUT2D eigenvalue weighted by Gasteiger charge is 2.18. The molecule has 0 unspecified atom stereocenters. The fourth-order valence-electron chi connectivity index (χ4n) is 4.61. The molecule has 7 heteroatoms. The number of rotatable bonds is 8. The lowest BCUT2D eigenvalue weighted by atomic mass is 9.87. The minimum absolute atomic E-state index is 0.406. The predicted octanol–water partition coefficient (Wildman–Crippen LogP) is 3.54. The Morgan fingerprint density at radius 3 is 2.62 bits per heavy atom. The predicted molar refractivity (Wildman–Crippen MR) is 112 cm³/mol. The van der Waals surface area contributed by atoms with Gasteiger partial charge in [0.15, 0.2) is 0 Å². The van der Waals surface area contributed by atoms with Gasteiger partial charge in [-0.2, -0.15) is 4.39 Å². The molecule has 2 fully saturated rings. The van der Waals surface area contributed by atoms with Crippen molar-refractivity contribution in [3.05, 3.63) is 36.0 Å². The van der Waals surface area contributed by atoms with Gasteiger partial charge in [-0.25, -0.2) is 4.98 Å². The molecule has 29 heavy (non-hydrogen) atoms. The molecular formula is C22H33FN6. The van der Waals surface area contributed by atoms with E-state index in [2.05, 4.69) is 31.3 Å². The quantitative estimate of drug-likeness (QED) is 0.635. The first-order valence-corrected chi connectivity index (χ1v) is 11.2. The molecule has 4 rings (SSSR count). The van der Waals surface area contributed by atoms with Crippen molar-refractivity contribution >= 4 is 5.82 Å². The van der Waals surface area contributed by atoms with E-state index in [1.807, 2.05) is 10.7 Å². The molecule has 2 aromatic heterocycles. The van der Waals surface area contributed by atoms with Crippen LogP contribution in [0.5, 0.6) is 0 Å². The second-order valence-corrected chi connectivity index (χ2v) is 8.52. The van der Waals surface area contributed by atoms with Crippen molar-refractivity contribution in [1.29, 1.82) is 0 Å². The number of hydrogen-bond donors (Lipinski definition) is 0. The van der Waals surface area contributed by atoms with Crippen LogP contribution in [0.1, 0.15) is 50.6 Å². The van der Waals surface area contributed by atoms with Crippen LogP contribution in [0.3, 0.4) is 0 Å². The summed E-state index contributed by atoms with van der Waals surface area (Å²) < 4.78 is 15.3. The third-order valence-corrected chi connectivity index (χ3v) is 6.38. The number of hydrogen-bond acceptors (Lipinski definition) is 5. The molecule has 1 saturated carbocycles. The lowest BCUT2D eigenvalue weighted by molar-refractivity contribution is 0.254. The zero-order valence-electron chi connectivity index (χ0n) is 17.3. The van der Waals surface area contributed by atoms with Gasteiger partial charge in [-0.1, -0.05) is 43.4 Å². The van der Waals surface area contributed by atoms with Gasteiger partial charge < -0.3 is 4.90 Å². The van der Waals surface area contributed by atoms with Gasteiger partial charge in [-0.15, -0.1) is 5.10 Å². The van der Waals surface area contributed by atoms with Crippen LogP contribution in [-0.2, 0) is 13.0 Å². The number of aryl methyl sites for hydroxylation is 2. The molecule has 1 saturated heterocycles. The second kappa shape index (κ2) is 10.1. The number of anilines is 1. The molecule has 0 amide bonds. The van der Waals surface area contributed by atoms with Crippen LogP contribution >= 0.6 is 0 Å². The summed E-state index contributed by atoms with van der Waals surface area (Å²) in [6, 6.07) is 5.01. The van der Waals surface area contributed by atoms with Gasteiger partial charge in [0.05, 0.1) is 5.69 Å². The summed E-state index contributed by atoms with van der Waals surface area (Å²) in [5.41, 5.74) is 1.11. The Bertz CT molecular complexity index is 749. The second-order valence-electron chi connectivity index (χ2n) is 8.52. The molecule has 158 valence electrons. The Kier molecular flexibility index (Phi) is 7.09. The third kappa shape index (κ3) is 5.98. The molecular weight excluding hydrogens is 367 g/mol. The van der Waals surface area contributed by atoms with Crippen molar-refractivity contribution in [3.63, 3.8) is 0 Å². The van der Waals surface area contributed by atoms with E-state index >= 15 is 0 Å². The molecule has 0 N–H and O–H groups in total. The Hall–Kier alpha value is -2.02. The monoisotopic (exact) mass is 400 g/mol. The zero-order chi connectivity index (χ0) is 19.9. The number of pyridine rings is 1. The van der Waals surface area contributed by atoms with Gasteiger partial charge in [-0.3, -0.25) is 9.58 Å². The van der Waals surface area contributed by atoms with E-state index in [9.17, 15) is 4.39 Å². The molecule has 2 aliphatic rings. The van der Waals surface area contributed by atoms with Crippen molar-refractivity contribution in [2.75, 3.05) is 37.6 Å². The van der Waals surface area contributed by atoms with Gasteiger partial charge >= 0.3 is 0 Å². The normalized spacial score (nSPS) is 19.0. The first-order valence-electron chi connectivity index (χ1n) is 11.2. The minimum Gasteiger partial charge on any atom is -0.354 e. The van der Waals surface area contributed by atoms with Crippen LogP contribution in [0.2, 0.25) is 0 Å². The van der Waals surface area contributed by atoms with Crippen molar-refractivity contribution in [3.8, 4) is 0 Å². The maximum absolute atomic E-state index is 13.3. The average Bonchev–Trinajstić information content (AvgIpc) is 3.21. The van der Waals surface area contributed by atoms with Crippen LogP contribution in [-0.4, -0.2) is 57.6 Å². The third-order valence-electron chi connectivity index (χ3n) is 6.38. The maximum Gasteiger partial charge on any atom is 0.214 e. The number of piperazine rings is 1. The lowest BCUT2D eigenvalue weighted by Crippen LogP contribution is -2.47. The molecule has 1 aliphatic heterocycles. The smallest absolute Gasteiger partial charge is 0.214 e. The van der Waals surface area contributed by atoms with E-state index < -0.39 is 5.95 Å². The maximum atomic E-state index is 13.3. The summed E-state index contributed by atoms with van der Waals surface area (Å²) in [4.78, 5) is 8.63. The number of nitrogens with zero attached hydrogens (tertiary/aromatic N) is 6. The molecule has 0 bridgehead atoms. The molecule has 6 nitrogen and oxygen atoms in total. The van der Waals surface area contributed by atoms with E-state index in [0.29, 0.717) is 0 Å². The molecule has 0 aromatic carbocycles. The minimum atomic E-state index is -0.406. The summed E-state index contributed by atoms with van der Waals surface area (Å²) in [7, 11) is 0. The zero-order valence-corrected chi connectivity index (χ0v) is 17.3. The highest BCUT2D eigenvalue weighted by atomic mass is 19.1. The van der Waals surface area contributed by atoms with E-state index in [0.717, 1.165) is 69.5 Å². The average molecular weight is 401 g/mol. The van der Waals surface area contributed by atoms with Gasteiger partial charge in [0.1, 0.15) is 5.82 Å². The Morgan fingerprint density at radius 2 is 1.83 bits per heavy atom. The van der Waals surface area contributed by atoms with Gasteiger partial charge in [0.2, 0.25) is 5.95 Å². The molecule has 0 radical (unpaired) electrons. The van der Waals surface area contributed by atoms with Crippen molar-refractivity contribution in [2.45, 2.75) is 57.9 Å². The van der Waals surface area contributed by atoms with Crippen molar-refractivity contribution < 1.29 is 4.39 Å². The summed E-state index contributed by atoms with van der Waals surface area (Å²) >= 11 is 0. The molecule has 0 atom stereocenters. The summed E-state index contributed by atoms with van der Waals surface area (Å²) in [6.45, 7) is 5.85. The summed E-state index contributed by atoms with van der Waals surface area (Å²) in [6.07, 6.45) is 12.5. The van der Waals surface area contributed by atoms with Gasteiger partial charge in [0.25, 0.3) is 0 Å². The van der Waals surface area contributed by atoms with Crippen molar-refractivity contribution in [2.24, 2.45) is 5.92 Å². The van der Waals surface area contributed by atoms with Crippen molar-refractivity contribution in [1.82, 2.24) is 24.9 Å². The van der Waals surface area contributed by atoms with Gasteiger partial charge in [-0.05, 0) is 43.9 Å². The largest absolute Gasteiger partial charge is 0.354 e. The van der Waals surface area contributed by atoms with Crippen LogP contribution in [0.25, 0.3) is 0 Å². The number of aromatic nitrogens is 4. The van der Waals surface area contributed by atoms with E-state index in [-0.39, 0.29) is 0 Å². The van der Waals surface area contributed by atoms with E-state index in [4.69, 9.17) is 0 Å². The van der Waals surface area contributed by atoms with Crippen LogP contribution in [0, 0.1) is 11.9 Å². The fourth-order valence-corrected chi connectivity index (χ4v) is 4.61.